The van der Waals surface area contributed by atoms with Crippen LogP contribution in [0.4, 0.5) is 0 Å². The Labute approximate surface area is 160 Å². The summed E-state index contributed by atoms with van der Waals surface area (Å²) in [5.74, 6) is 0. The van der Waals surface area contributed by atoms with Crippen molar-refractivity contribution in [3.63, 3.8) is 0 Å². The summed E-state index contributed by atoms with van der Waals surface area (Å²) < 4.78 is 3.60. The number of aliphatic hydroxyl groups is 1. The van der Waals surface area contributed by atoms with Crippen molar-refractivity contribution >= 4 is 34.1 Å². The SMILES string of the molecule is OC(Cn1ccnn1)(Cn1ccc2ccccc21)c1ccc(Cl)cc1Cl. The van der Waals surface area contributed by atoms with Crippen LogP contribution in [0.3, 0.4) is 0 Å². The van der Waals surface area contributed by atoms with E-state index in [-0.39, 0.29) is 6.54 Å². The maximum atomic E-state index is 11.6. The highest BCUT2D eigenvalue weighted by Gasteiger charge is 2.33. The van der Waals surface area contributed by atoms with Gasteiger partial charge in [0.2, 0.25) is 0 Å². The predicted molar refractivity (Wildman–Crippen MR) is 102 cm³/mol. The first-order valence-electron chi connectivity index (χ1n) is 8.11. The third-order valence-electron chi connectivity index (χ3n) is 4.44. The lowest BCUT2D eigenvalue weighted by Gasteiger charge is -2.30. The van der Waals surface area contributed by atoms with Gasteiger partial charge in [-0.3, -0.25) is 0 Å². The largest absolute Gasteiger partial charge is 0.381 e. The summed E-state index contributed by atoms with van der Waals surface area (Å²) in [6.07, 6.45) is 5.25. The van der Waals surface area contributed by atoms with Crippen molar-refractivity contribution < 1.29 is 5.11 Å². The minimum Gasteiger partial charge on any atom is -0.381 e. The van der Waals surface area contributed by atoms with Crippen molar-refractivity contribution in [1.29, 1.82) is 0 Å². The van der Waals surface area contributed by atoms with E-state index in [9.17, 15) is 5.11 Å². The smallest absolute Gasteiger partial charge is 0.128 e. The molecule has 0 bridgehead atoms. The minimum atomic E-state index is -1.29. The van der Waals surface area contributed by atoms with Gasteiger partial charge in [-0.05, 0) is 29.7 Å². The highest BCUT2D eigenvalue weighted by molar-refractivity contribution is 6.35. The van der Waals surface area contributed by atoms with E-state index in [0.717, 1.165) is 10.9 Å². The highest BCUT2D eigenvalue weighted by atomic mass is 35.5. The normalized spacial score (nSPS) is 13.8. The van der Waals surface area contributed by atoms with E-state index in [4.69, 9.17) is 23.2 Å². The first-order chi connectivity index (χ1) is 12.5. The maximum Gasteiger partial charge on any atom is 0.128 e. The number of halogens is 2. The molecule has 0 spiro atoms. The maximum absolute atomic E-state index is 11.6. The van der Waals surface area contributed by atoms with Gasteiger partial charge in [0.25, 0.3) is 0 Å². The molecule has 7 heteroatoms. The summed E-state index contributed by atoms with van der Waals surface area (Å²) in [5, 5.41) is 21.5. The third kappa shape index (κ3) is 3.21. The number of rotatable bonds is 5. The Kier molecular flexibility index (Phi) is 4.44. The molecule has 132 valence electrons. The third-order valence-corrected chi connectivity index (χ3v) is 4.99. The molecule has 0 aliphatic carbocycles. The topological polar surface area (TPSA) is 55.9 Å². The molecule has 1 atom stereocenters. The summed E-state index contributed by atoms with van der Waals surface area (Å²) in [5.41, 5.74) is 0.336. The van der Waals surface area contributed by atoms with E-state index < -0.39 is 5.60 Å². The lowest BCUT2D eigenvalue weighted by atomic mass is 9.93. The summed E-state index contributed by atoms with van der Waals surface area (Å²) in [6, 6.07) is 15.2. The molecule has 2 aromatic carbocycles. The first-order valence-corrected chi connectivity index (χ1v) is 8.87. The molecule has 4 rings (SSSR count). The van der Waals surface area contributed by atoms with Gasteiger partial charge in [0.1, 0.15) is 5.60 Å². The fourth-order valence-corrected chi connectivity index (χ4v) is 3.82. The summed E-state index contributed by atoms with van der Waals surface area (Å²) in [7, 11) is 0. The average Bonchev–Trinajstić information content (AvgIpc) is 3.25. The summed E-state index contributed by atoms with van der Waals surface area (Å²) >= 11 is 12.4. The zero-order valence-electron chi connectivity index (χ0n) is 13.8. The fraction of sp³-hybridized carbons (Fsp3) is 0.158. The number of nitrogens with zero attached hydrogens (tertiary/aromatic N) is 4. The number of benzene rings is 2. The molecule has 26 heavy (non-hydrogen) atoms. The highest BCUT2D eigenvalue weighted by Crippen LogP contribution is 2.34. The lowest BCUT2D eigenvalue weighted by molar-refractivity contribution is -0.00140. The molecule has 2 aromatic heterocycles. The second-order valence-electron chi connectivity index (χ2n) is 6.26. The molecule has 1 unspecified atom stereocenters. The second kappa shape index (κ2) is 6.76. The van der Waals surface area contributed by atoms with Gasteiger partial charge in [-0.1, -0.05) is 52.7 Å². The van der Waals surface area contributed by atoms with E-state index in [1.54, 1.807) is 35.3 Å². The summed E-state index contributed by atoms with van der Waals surface area (Å²) in [4.78, 5) is 0. The van der Waals surface area contributed by atoms with Crippen LogP contribution in [0.25, 0.3) is 10.9 Å². The Bertz CT molecular complexity index is 1040. The van der Waals surface area contributed by atoms with E-state index in [2.05, 4.69) is 10.3 Å². The number of hydrogen-bond donors (Lipinski definition) is 1. The Morgan fingerprint density at radius 1 is 1.00 bits per heavy atom. The monoisotopic (exact) mass is 386 g/mol. The van der Waals surface area contributed by atoms with Crippen molar-refractivity contribution in [1.82, 2.24) is 19.6 Å². The number of fused-ring (bicyclic) bond motifs is 1. The van der Waals surface area contributed by atoms with E-state index in [1.807, 2.05) is 41.1 Å². The predicted octanol–water partition coefficient (Wildman–Crippen LogP) is 4.13. The molecule has 0 radical (unpaired) electrons. The second-order valence-corrected chi connectivity index (χ2v) is 7.10. The van der Waals surface area contributed by atoms with Gasteiger partial charge in [-0.15, -0.1) is 5.10 Å². The zero-order valence-corrected chi connectivity index (χ0v) is 15.3. The number of aromatic nitrogens is 4. The van der Waals surface area contributed by atoms with Crippen LogP contribution in [-0.2, 0) is 18.7 Å². The quantitative estimate of drug-likeness (QED) is 0.560. The van der Waals surface area contributed by atoms with E-state index in [0.29, 0.717) is 22.2 Å². The van der Waals surface area contributed by atoms with Gasteiger partial charge in [0, 0.05) is 33.5 Å². The van der Waals surface area contributed by atoms with Crippen LogP contribution in [0, 0.1) is 0 Å². The molecule has 0 saturated heterocycles. The average molecular weight is 387 g/mol. The molecule has 0 aliphatic rings. The molecular formula is C19H16Cl2N4O. The van der Waals surface area contributed by atoms with Crippen LogP contribution < -0.4 is 0 Å². The lowest BCUT2D eigenvalue weighted by Crippen LogP contribution is -2.36. The standard InChI is InChI=1S/C19H16Cl2N4O/c20-15-5-6-16(17(21)11-15)19(26,13-25-10-8-22-23-25)12-24-9-7-14-3-1-2-4-18(14)24/h1-11,26H,12-13H2. The van der Waals surface area contributed by atoms with Crippen LogP contribution in [0.5, 0.6) is 0 Å². The van der Waals surface area contributed by atoms with E-state index in [1.165, 1.54) is 0 Å². The Morgan fingerprint density at radius 2 is 1.85 bits per heavy atom. The van der Waals surface area contributed by atoms with Crippen LogP contribution in [-0.4, -0.2) is 24.7 Å². The van der Waals surface area contributed by atoms with Crippen molar-refractivity contribution in [2.24, 2.45) is 0 Å². The molecule has 0 aliphatic heterocycles. The Morgan fingerprint density at radius 3 is 2.62 bits per heavy atom. The summed E-state index contributed by atoms with van der Waals surface area (Å²) in [6.45, 7) is 0.516. The van der Waals surface area contributed by atoms with Gasteiger partial charge in [0.05, 0.1) is 19.3 Å². The van der Waals surface area contributed by atoms with Gasteiger partial charge in [-0.25, -0.2) is 4.68 Å². The van der Waals surface area contributed by atoms with Gasteiger partial charge >= 0.3 is 0 Å². The fourth-order valence-electron chi connectivity index (χ4n) is 3.23. The van der Waals surface area contributed by atoms with Crippen LogP contribution in [0.15, 0.2) is 67.1 Å². The molecule has 2 heterocycles. The Hall–Kier alpha value is -2.34. The van der Waals surface area contributed by atoms with E-state index >= 15 is 0 Å². The number of para-hydroxylation sites is 1. The molecular weight excluding hydrogens is 371 g/mol. The van der Waals surface area contributed by atoms with Crippen molar-refractivity contribution in [3.8, 4) is 0 Å². The molecule has 1 N–H and O–H groups in total. The number of hydrogen-bond acceptors (Lipinski definition) is 3. The van der Waals surface area contributed by atoms with Gasteiger partial charge < -0.3 is 9.67 Å². The van der Waals surface area contributed by atoms with Crippen molar-refractivity contribution in [3.05, 3.63) is 82.7 Å². The van der Waals surface area contributed by atoms with Gasteiger partial charge in [-0.2, -0.15) is 0 Å². The van der Waals surface area contributed by atoms with Crippen molar-refractivity contribution in [2.45, 2.75) is 18.7 Å². The van der Waals surface area contributed by atoms with Crippen molar-refractivity contribution in [2.75, 3.05) is 0 Å². The van der Waals surface area contributed by atoms with Gasteiger partial charge in [0.15, 0.2) is 0 Å². The first kappa shape index (κ1) is 17.1. The molecule has 0 fully saturated rings. The van der Waals surface area contributed by atoms with Crippen LogP contribution >= 0.6 is 23.2 Å². The molecule has 5 nitrogen and oxygen atoms in total. The van der Waals surface area contributed by atoms with Crippen LogP contribution in [0.2, 0.25) is 10.0 Å². The molecule has 4 aromatic rings. The molecule has 0 saturated carbocycles. The minimum absolute atomic E-state index is 0.209. The Balaban J connectivity index is 1.79. The zero-order chi connectivity index (χ0) is 18.1. The van der Waals surface area contributed by atoms with Crippen LogP contribution in [0.1, 0.15) is 5.56 Å². The molecule has 0 amide bonds.